The molecule has 4 aromatic rings. The highest BCUT2D eigenvalue weighted by molar-refractivity contribution is 6.35. The normalized spacial score (nSPS) is 14.4. The van der Waals surface area contributed by atoms with Gasteiger partial charge in [0.25, 0.3) is 5.56 Å². The summed E-state index contributed by atoms with van der Waals surface area (Å²) in [6.45, 7) is -0.995. The van der Waals surface area contributed by atoms with Crippen LogP contribution in [0, 0.1) is 5.92 Å². The number of fused-ring (bicyclic) bond motifs is 1. The Labute approximate surface area is 256 Å². The molecule has 0 saturated heterocycles. The largest absolute Gasteiger partial charge is 0.497 e. The molecule has 11 heteroatoms. The van der Waals surface area contributed by atoms with E-state index in [2.05, 4.69) is 9.72 Å². The first-order valence-electron chi connectivity index (χ1n) is 13.7. The van der Waals surface area contributed by atoms with E-state index in [1.807, 2.05) is 36.4 Å². The van der Waals surface area contributed by atoms with Crippen molar-refractivity contribution < 1.29 is 32.5 Å². The molecule has 1 aromatic heterocycles. The zero-order valence-electron chi connectivity index (χ0n) is 23.4. The molecule has 0 spiro atoms. The van der Waals surface area contributed by atoms with Gasteiger partial charge in [-0.1, -0.05) is 53.5 Å². The first-order chi connectivity index (χ1) is 20.6. The average molecular weight is 632 g/mol. The predicted molar refractivity (Wildman–Crippen MR) is 160 cm³/mol. The van der Waals surface area contributed by atoms with E-state index in [0.717, 1.165) is 34.9 Å². The van der Waals surface area contributed by atoms with E-state index in [4.69, 9.17) is 37.4 Å². The van der Waals surface area contributed by atoms with Crippen LogP contribution in [0.4, 0.5) is 8.78 Å². The van der Waals surface area contributed by atoms with Crippen molar-refractivity contribution in [1.29, 1.82) is 0 Å². The van der Waals surface area contributed by atoms with Crippen molar-refractivity contribution in [2.45, 2.75) is 44.8 Å². The van der Waals surface area contributed by atoms with Crippen molar-refractivity contribution in [2.75, 3.05) is 13.7 Å². The molecule has 3 aromatic carbocycles. The van der Waals surface area contributed by atoms with Crippen LogP contribution >= 0.6 is 23.2 Å². The van der Waals surface area contributed by atoms with Crippen LogP contribution in [0.2, 0.25) is 10.0 Å². The summed E-state index contributed by atoms with van der Waals surface area (Å²) >= 11 is 12.7. The lowest BCUT2D eigenvalue weighted by molar-refractivity contribution is -0.150. The van der Waals surface area contributed by atoms with Gasteiger partial charge in [-0.25, -0.2) is 0 Å². The summed E-state index contributed by atoms with van der Waals surface area (Å²) in [6.07, 6.45) is 2.23. The van der Waals surface area contributed by atoms with Crippen LogP contribution in [-0.2, 0) is 16.0 Å². The highest BCUT2D eigenvalue weighted by Gasteiger charge is 2.28. The van der Waals surface area contributed by atoms with Gasteiger partial charge < -0.3 is 23.9 Å². The van der Waals surface area contributed by atoms with E-state index in [-0.39, 0.29) is 33.5 Å². The third-order valence-corrected chi connectivity index (χ3v) is 8.12. The summed E-state index contributed by atoms with van der Waals surface area (Å²) in [5.41, 5.74) is 0.862. The molecule has 0 bridgehead atoms. The van der Waals surface area contributed by atoms with Crippen molar-refractivity contribution in [2.24, 2.45) is 5.92 Å². The summed E-state index contributed by atoms with van der Waals surface area (Å²) in [4.78, 5) is 28.3. The lowest BCUT2D eigenvalue weighted by Crippen LogP contribution is -2.20. The smallest absolute Gasteiger partial charge is 0.387 e. The quantitative estimate of drug-likeness (QED) is 0.160. The Morgan fingerprint density at radius 2 is 1.72 bits per heavy atom. The van der Waals surface area contributed by atoms with Crippen molar-refractivity contribution in [3.8, 4) is 17.2 Å². The van der Waals surface area contributed by atoms with E-state index >= 15 is 0 Å². The summed E-state index contributed by atoms with van der Waals surface area (Å²) in [7, 11) is 1.59. The first-order valence-corrected chi connectivity index (χ1v) is 14.4. The number of hydrogen-bond donors (Lipinski definition) is 1. The number of H-pyrrole nitrogens is 1. The fourth-order valence-electron chi connectivity index (χ4n) is 4.66. The van der Waals surface area contributed by atoms with Gasteiger partial charge >= 0.3 is 12.6 Å². The second kappa shape index (κ2) is 13.2. The molecule has 7 nitrogen and oxygen atoms in total. The number of alkyl halides is 2. The molecule has 0 radical (unpaired) electrons. The number of methoxy groups -OCH3 is 1. The molecule has 1 N–H and O–H groups in total. The van der Waals surface area contributed by atoms with Crippen molar-refractivity contribution in [3.63, 3.8) is 0 Å². The number of hydrogen-bond acceptors (Lipinski definition) is 6. The zero-order valence-corrected chi connectivity index (χ0v) is 24.9. The molecule has 1 heterocycles. The molecule has 43 heavy (non-hydrogen) atoms. The summed E-state index contributed by atoms with van der Waals surface area (Å²) < 4.78 is 48.1. The maximum Gasteiger partial charge on any atom is 0.387 e. The fraction of sp³-hybridized carbons (Fsp3) is 0.312. The van der Waals surface area contributed by atoms with Gasteiger partial charge in [-0.3, -0.25) is 9.59 Å². The van der Waals surface area contributed by atoms with E-state index in [1.54, 1.807) is 14.0 Å². The second-order valence-corrected chi connectivity index (χ2v) is 11.2. The third kappa shape index (κ3) is 7.40. The van der Waals surface area contributed by atoms with Crippen molar-refractivity contribution in [3.05, 3.63) is 97.9 Å². The molecule has 1 aliphatic carbocycles. The molecular formula is C32H29Cl2F2NO6. The lowest BCUT2D eigenvalue weighted by Gasteiger charge is -2.23. The number of esters is 1. The Balaban J connectivity index is 1.47. The number of benzene rings is 3. The standard InChI is InChI=1S/C32H29Cl2F2NO6/c1-17(19-5-6-21-12-23(40-2)9-7-20(21)11-19)31(39)42-27(14-24-25(33)15-37-30(38)29(24)34)22-8-10-26(43-32(35)36)28(13-22)41-16-18-3-4-18/h5-13,15,17-18,27,32H,3-4,14,16H2,1-2H3,(H,37,38). The molecule has 0 amide bonds. The Kier molecular flexibility index (Phi) is 9.42. The number of pyridine rings is 1. The third-order valence-electron chi connectivity index (χ3n) is 7.38. The van der Waals surface area contributed by atoms with Crippen LogP contribution in [0.25, 0.3) is 10.8 Å². The number of carbonyl (C=O) groups is 1. The Hall–Kier alpha value is -3.82. The van der Waals surface area contributed by atoms with Gasteiger partial charge in [0.15, 0.2) is 11.5 Å². The van der Waals surface area contributed by atoms with Gasteiger partial charge in [-0.15, -0.1) is 0 Å². The minimum atomic E-state index is -3.06. The molecule has 2 unspecified atom stereocenters. The monoisotopic (exact) mass is 631 g/mol. The van der Waals surface area contributed by atoms with Gasteiger partial charge in [0.2, 0.25) is 0 Å². The molecule has 1 saturated carbocycles. The zero-order chi connectivity index (χ0) is 30.7. The van der Waals surface area contributed by atoms with Crippen molar-refractivity contribution in [1.82, 2.24) is 4.98 Å². The number of aromatic amines is 1. The number of aromatic nitrogens is 1. The van der Waals surface area contributed by atoms with Crippen LogP contribution in [0.5, 0.6) is 17.2 Å². The summed E-state index contributed by atoms with van der Waals surface area (Å²) in [5.74, 6) is -0.216. The van der Waals surface area contributed by atoms with Gasteiger partial charge in [0, 0.05) is 18.2 Å². The highest BCUT2D eigenvalue weighted by atomic mass is 35.5. The van der Waals surface area contributed by atoms with Gasteiger partial charge in [-0.2, -0.15) is 8.78 Å². The van der Waals surface area contributed by atoms with E-state index in [1.165, 1.54) is 24.4 Å². The minimum absolute atomic E-state index is 0.0608. The molecule has 5 rings (SSSR count). The van der Waals surface area contributed by atoms with Crippen LogP contribution in [0.3, 0.4) is 0 Å². The number of rotatable bonds is 12. The summed E-state index contributed by atoms with van der Waals surface area (Å²) in [6, 6.07) is 15.6. The highest BCUT2D eigenvalue weighted by Crippen LogP contribution is 2.38. The Bertz CT molecular complexity index is 1690. The van der Waals surface area contributed by atoms with E-state index < -0.39 is 30.2 Å². The molecule has 226 valence electrons. The maximum atomic E-state index is 13.6. The topological polar surface area (TPSA) is 86.9 Å². The van der Waals surface area contributed by atoms with E-state index in [9.17, 15) is 18.4 Å². The number of halogens is 4. The Morgan fingerprint density at radius 3 is 2.44 bits per heavy atom. The predicted octanol–water partition coefficient (Wildman–Crippen LogP) is 7.86. The molecule has 1 aliphatic rings. The van der Waals surface area contributed by atoms with Gasteiger partial charge in [0.1, 0.15) is 16.9 Å². The number of ether oxygens (including phenoxy) is 4. The average Bonchev–Trinajstić information content (AvgIpc) is 3.83. The maximum absolute atomic E-state index is 13.6. The summed E-state index contributed by atoms with van der Waals surface area (Å²) in [5, 5.41) is 1.90. The number of nitrogens with one attached hydrogen (secondary N) is 1. The van der Waals surface area contributed by atoms with Crippen LogP contribution in [0.15, 0.2) is 65.6 Å². The molecular weight excluding hydrogens is 603 g/mol. The fourth-order valence-corrected chi connectivity index (χ4v) is 5.17. The van der Waals surface area contributed by atoms with Gasteiger partial charge in [0.05, 0.1) is 24.7 Å². The first kappa shape index (κ1) is 30.6. The molecule has 2 atom stereocenters. The minimum Gasteiger partial charge on any atom is -0.497 e. The van der Waals surface area contributed by atoms with Gasteiger partial charge in [-0.05, 0) is 71.8 Å². The lowest BCUT2D eigenvalue weighted by atomic mass is 9.97. The van der Waals surface area contributed by atoms with Crippen LogP contribution < -0.4 is 19.8 Å². The van der Waals surface area contributed by atoms with Crippen molar-refractivity contribution >= 4 is 39.9 Å². The SMILES string of the molecule is COc1ccc2cc(C(C)C(=O)OC(Cc3c(Cl)c[nH]c(=O)c3Cl)c3ccc(OC(F)F)c(OCC4CC4)c3)ccc2c1. The van der Waals surface area contributed by atoms with Crippen LogP contribution in [-0.4, -0.2) is 31.3 Å². The van der Waals surface area contributed by atoms with E-state index in [0.29, 0.717) is 18.1 Å². The molecule has 1 fully saturated rings. The number of carbonyl (C=O) groups excluding carboxylic acids is 1. The van der Waals surface area contributed by atoms with Crippen LogP contribution in [0.1, 0.15) is 48.5 Å². The Morgan fingerprint density at radius 1 is 1.00 bits per heavy atom. The molecule has 0 aliphatic heterocycles. The second-order valence-electron chi connectivity index (χ2n) is 10.4.